The van der Waals surface area contributed by atoms with E-state index < -0.39 is 48.2 Å². The summed E-state index contributed by atoms with van der Waals surface area (Å²) in [7, 11) is 2.77. The fraction of sp³-hybridized carbons (Fsp3) is 0.650. The lowest BCUT2D eigenvalue weighted by Gasteiger charge is -2.15. The van der Waals surface area contributed by atoms with Crippen LogP contribution in [0.3, 0.4) is 0 Å². The van der Waals surface area contributed by atoms with Crippen LogP contribution in [0.25, 0.3) is 0 Å². The molecule has 0 aliphatic carbocycles. The van der Waals surface area contributed by atoms with Crippen molar-refractivity contribution in [1.82, 2.24) is 20.2 Å². The molecular weight excluding hydrogens is 516 g/mol. The standard InChI is InChI=1S/C20H32N6O8S2/c21-12(18(22)31)10-36-35-6-3-16(30)24-5-4-23-15(29)2-1-11-8-26(20(33)25-19(11)32)17-7-13(28)14(9-27)34-17/h8,12-14,17,27-28H,1-7,9-10,21H2,(H2,22,31)(H,23,29)(H,24,30)(H,25,32,33)/t12-,13-,14+,17+/m0/s1. The molecule has 0 saturated carbocycles. The normalized spacial score (nSPS) is 20.1. The fourth-order valence-corrected chi connectivity index (χ4v) is 5.32. The molecule has 1 aliphatic heterocycles. The molecule has 0 bridgehead atoms. The summed E-state index contributed by atoms with van der Waals surface area (Å²) in [4.78, 5) is 61.2. The SMILES string of the molecule is NC(=O)[C@@H](N)CSSCCC(=O)NCCNC(=O)CCc1cn([C@H]2C[C@H](O)[C@@H](CO)O2)c(=O)[nH]c1=O. The molecule has 0 unspecified atom stereocenters. The summed E-state index contributed by atoms with van der Waals surface area (Å²) < 4.78 is 6.58. The maximum absolute atomic E-state index is 12.1. The van der Waals surface area contributed by atoms with Gasteiger partial charge in [0.25, 0.3) is 5.56 Å². The van der Waals surface area contributed by atoms with E-state index in [2.05, 4.69) is 15.6 Å². The van der Waals surface area contributed by atoms with Crippen molar-refractivity contribution in [2.24, 2.45) is 11.5 Å². The van der Waals surface area contributed by atoms with Gasteiger partial charge in [-0.1, -0.05) is 21.6 Å². The van der Waals surface area contributed by atoms with Gasteiger partial charge in [0.2, 0.25) is 17.7 Å². The summed E-state index contributed by atoms with van der Waals surface area (Å²) >= 11 is 0. The van der Waals surface area contributed by atoms with E-state index in [9.17, 15) is 34.2 Å². The third kappa shape index (κ3) is 9.59. The highest BCUT2D eigenvalue weighted by Crippen LogP contribution is 2.27. The number of aryl methyl sites for hydroxylation is 1. The molecule has 0 aromatic carbocycles. The topological polar surface area (TPSA) is 232 Å². The highest BCUT2D eigenvalue weighted by atomic mass is 33.1. The lowest BCUT2D eigenvalue weighted by Crippen LogP contribution is -2.38. The number of nitrogens with two attached hydrogens (primary N) is 2. The summed E-state index contributed by atoms with van der Waals surface area (Å²) in [5.41, 5.74) is 9.42. The van der Waals surface area contributed by atoms with E-state index in [0.717, 1.165) is 4.57 Å². The first-order valence-corrected chi connectivity index (χ1v) is 13.7. The monoisotopic (exact) mass is 548 g/mol. The van der Waals surface area contributed by atoms with Gasteiger partial charge >= 0.3 is 5.69 Å². The van der Waals surface area contributed by atoms with Crippen LogP contribution in [0.4, 0.5) is 0 Å². The molecule has 1 aliphatic rings. The molecule has 16 heteroatoms. The van der Waals surface area contributed by atoms with Crippen LogP contribution < -0.4 is 33.3 Å². The number of nitrogens with one attached hydrogen (secondary N) is 3. The van der Waals surface area contributed by atoms with Crippen molar-refractivity contribution in [3.8, 4) is 0 Å². The van der Waals surface area contributed by atoms with Gasteiger partial charge in [-0.3, -0.25) is 28.7 Å². The van der Waals surface area contributed by atoms with Crippen LogP contribution in [-0.4, -0.2) is 86.9 Å². The molecule has 2 rings (SSSR count). The van der Waals surface area contributed by atoms with Gasteiger partial charge in [0.1, 0.15) is 12.3 Å². The summed E-state index contributed by atoms with van der Waals surface area (Å²) in [5.74, 6) is -0.214. The van der Waals surface area contributed by atoms with Crippen molar-refractivity contribution in [3.63, 3.8) is 0 Å². The minimum atomic E-state index is -0.946. The number of rotatable bonds is 15. The van der Waals surface area contributed by atoms with Crippen LogP contribution in [0.15, 0.2) is 15.8 Å². The number of nitrogens with zero attached hydrogens (tertiary/aromatic N) is 1. The Bertz CT molecular complexity index is 1020. The molecule has 3 amide bonds. The molecule has 202 valence electrons. The predicted molar refractivity (Wildman–Crippen MR) is 134 cm³/mol. The third-order valence-electron chi connectivity index (χ3n) is 5.24. The van der Waals surface area contributed by atoms with E-state index in [0.29, 0.717) is 11.5 Å². The van der Waals surface area contributed by atoms with Crippen LogP contribution in [0.1, 0.15) is 31.1 Å². The second kappa shape index (κ2) is 15.0. The number of ether oxygens (including phenoxy) is 1. The van der Waals surface area contributed by atoms with Crippen molar-refractivity contribution in [2.75, 3.05) is 31.2 Å². The van der Waals surface area contributed by atoms with E-state index in [-0.39, 0.29) is 56.2 Å². The third-order valence-corrected chi connectivity index (χ3v) is 7.68. The van der Waals surface area contributed by atoms with Gasteiger partial charge in [-0.2, -0.15) is 0 Å². The fourth-order valence-electron chi connectivity index (χ4n) is 3.19. The number of hydrogen-bond acceptors (Lipinski definition) is 11. The molecule has 1 saturated heterocycles. The molecule has 0 spiro atoms. The molecule has 4 atom stereocenters. The van der Waals surface area contributed by atoms with E-state index in [4.69, 9.17) is 16.2 Å². The van der Waals surface area contributed by atoms with E-state index >= 15 is 0 Å². The van der Waals surface area contributed by atoms with Crippen LogP contribution >= 0.6 is 21.6 Å². The Kier molecular flexibility index (Phi) is 12.5. The highest BCUT2D eigenvalue weighted by molar-refractivity contribution is 8.76. The number of aromatic amines is 1. The Morgan fingerprint density at radius 1 is 1.19 bits per heavy atom. The van der Waals surface area contributed by atoms with Gasteiger partial charge in [-0.25, -0.2) is 4.79 Å². The first-order chi connectivity index (χ1) is 17.1. The first kappa shape index (κ1) is 29.9. The zero-order valence-electron chi connectivity index (χ0n) is 19.5. The highest BCUT2D eigenvalue weighted by Gasteiger charge is 2.35. The van der Waals surface area contributed by atoms with Gasteiger partial charge in [-0.15, -0.1) is 0 Å². The number of carbonyl (C=O) groups excluding carboxylic acids is 3. The second-order valence-electron chi connectivity index (χ2n) is 8.00. The quantitative estimate of drug-likeness (QED) is 0.0858. The Hall–Kier alpha value is -2.37. The van der Waals surface area contributed by atoms with Crippen molar-refractivity contribution >= 4 is 39.3 Å². The van der Waals surface area contributed by atoms with Crippen LogP contribution in [0, 0.1) is 0 Å². The zero-order valence-corrected chi connectivity index (χ0v) is 21.1. The summed E-state index contributed by atoms with van der Waals surface area (Å²) in [6.07, 6.45) is -0.955. The largest absolute Gasteiger partial charge is 0.394 e. The Morgan fingerprint density at radius 3 is 2.47 bits per heavy atom. The molecule has 14 nitrogen and oxygen atoms in total. The predicted octanol–water partition coefficient (Wildman–Crippen LogP) is -3.07. The van der Waals surface area contributed by atoms with Crippen LogP contribution in [0.2, 0.25) is 0 Å². The average Bonchev–Trinajstić information content (AvgIpc) is 3.21. The number of aliphatic hydroxyl groups is 2. The maximum atomic E-state index is 12.1. The Labute approximate surface area is 214 Å². The number of aromatic nitrogens is 2. The molecule has 36 heavy (non-hydrogen) atoms. The van der Waals surface area contributed by atoms with Gasteiger partial charge in [0.15, 0.2) is 0 Å². The smallest absolute Gasteiger partial charge is 0.330 e. The van der Waals surface area contributed by atoms with Crippen molar-refractivity contribution < 1.29 is 29.3 Å². The molecular formula is C20H32N6O8S2. The Balaban J connectivity index is 1.67. The summed E-state index contributed by atoms with van der Waals surface area (Å²) in [6, 6.07) is -0.722. The molecule has 1 fully saturated rings. The van der Waals surface area contributed by atoms with E-state index in [1.54, 1.807) is 0 Å². The Morgan fingerprint density at radius 2 is 1.86 bits per heavy atom. The van der Waals surface area contributed by atoms with Crippen LogP contribution in [0.5, 0.6) is 0 Å². The van der Waals surface area contributed by atoms with E-state index in [1.807, 2.05) is 0 Å². The molecule has 1 aromatic heterocycles. The minimum Gasteiger partial charge on any atom is -0.394 e. The number of hydrogen-bond donors (Lipinski definition) is 7. The number of aliphatic hydroxyl groups excluding tert-OH is 2. The number of H-pyrrole nitrogens is 1. The average molecular weight is 549 g/mol. The number of carbonyl (C=O) groups is 3. The van der Waals surface area contributed by atoms with Gasteiger partial charge in [0.05, 0.1) is 18.8 Å². The molecule has 1 aromatic rings. The van der Waals surface area contributed by atoms with Crippen molar-refractivity contribution in [3.05, 3.63) is 32.6 Å². The van der Waals surface area contributed by atoms with Crippen molar-refractivity contribution in [1.29, 1.82) is 0 Å². The summed E-state index contributed by atoms with van der Waals surface area (Å²) in [5, 5.41) is 24.4. The summed E-state index contributed by atoms with van der Waals surface area (Å²) in [6.45, 7) is 0.0226. The van der Waals surface area contributed by atoms with Gasteiger partial charge < -0.3 is 37.1 Å². The lowest BCUT2D eigenvalue weighted by atomic mass is 10.1. The second-order valence-corrected chi connectivity index (χ2v) is 10.6. The zero-order chi connectivity index (χ0) is 26.7. The molecule has 2 heterocycles. The molecule has 0 radical (unpaired) electrons. The molecule has 9 N–H and O–H groups in total. The lowest BCUT2D eigenvalue weighted by molar-refractivity contribution is -0.122. The number of primary amides is 1. The van der Waals surface area contributed by atoms with Crippen molar-refractivity contribution in [2.45, 2.75) is 50.2 Å². The van der Waals surface area contributed by atoms with E-state index in [1.165, 1.54) is 27.8 Å². The maximum Gasteiger partial charge on any atom is 0.330 e. The van der Waals surface area contributed by atoms with Gasteiger partial charge in [0, 0.05) is 55.6 Å². The van der Waals surface area contributed by atoms with Crippen LogP contribution in [-0.2, 0) is 25.5 Å². The van der Waals surface area contributed by atoms with Gasteiger partial charge in [-0.05, 0) is 6.42 Å². The minimum absolute atomic E-state index is 0.0239. The first-order valence-electron chi connectivity index (χ1n) is 11.2. The number of amides is 3.